The van der Waals surface area contributed by atoms with Gasteiger partial charge in [-0.2, -0.15) is 0 Å². The van der Waals surface area contributed by atoms with Crippen LogP contribution in [0.25, 0.3) is 0 Å². The zero-order valence-corrected chi connectivity index (χ0v) is 16.2. The van der Waals surface area contributed by atoms with E-state index in [0.717, 1.165) is 10.9 Å². The van der Waals surface area contributed by atoms with Crippen molar-refractivity contribution in [2.24, 2.45) is 0 Å². The fraction of sp³-hybridized carbons (Fsp3) is 0.0556. The minimum absolute atomic E-state index is 0.0477. The Hall–Kier alpha value is -2.26. The van der Waals surface area contributed by atoms with Crippen molar-refractivity contribution in [3.8, 4) is 0 Å². The molecule has 140 valence electrons. The maximum absolute atomic E-state index is 13.8. The number of nitrogens with one attached hydrogen (secondary N) is 2. The van der Waals surface area contributed by atoms with Crippen molar-refractivity contribution in [1.29, 1.82) is 0 Å². The molecule has 5 nitrogen and oxygen atoms in total. The zero-order chi connectivity index (χ0) is 19.4. The monoisotopic (exact) mass is 424 g/mol. The number of rotatable bonds is 6. The van der Waals surface area contributed by atoms with E-state index in [4.69, 9.17) is 11.6 Å². The fourth-order valence-electron chi connectivity index (χ4n) is 2.25. The van der Waals surface area contributed by atoms with E-state index in [9.17, 15) is 17.6 Å². The Morgan fingerprint density at radius 2 is 1.93 bits per heavy atom. The predicted molar refractivity (Wildman–Crippen MR) is 104 cm³/mol. The van der Waals surface area contributed by atoms with Gasteiger partial charge in [0.05, 0.1) is 10.6 Å². The van der Waals surface area contributed by atoms with Crippen molar-refractivity contribution in [1.82, 2.24) is 4.72 Å². The smallest absolute Gasteiger partial charge is 0.255 e. The van der Waals surface area contributed by atoms with Crippen LogP contribution in [-0.2, 0) is 16.6 Å². The first-order valence-corrected chi connectivity index (χ1v) is 10.5. The highest BCUT2D eigenvalue weighted by Gasteiger charge is 2.17. The topological polar surface area (TPSA) is 75.3 Å². The molecule has 0 spiro atoms. The quantitative estimate of drug-likeness (QED) is 0.620. The van der Waals surface area contributed by atoms with E-state index in [1.54, 1.807) is 0 Å². The number of halogens is 2. The van der Waals surface area contributed by atoms with Gasteiger partial charge in [0.2, 0.25) is 10.0 Å². The SMILES string of the molecule is O=C(Nc1ccc(Cl)cc1F)c1cccc(S(=O)(=O)NCc2cccs2)c1. The van der Waals surface area contributed by atoms with Crippen LogP contribution in [0, 0.1) is 5.82 Å². The molecule has 0 atom stereocenters. The number of carbonyl (C=O) groups is 1. The number of carbonyl (C=O) groups excluding carboxylic acids is 1. The number of hydrogen-bond acceptors (Lipinski definition) is 4. The van der Waals surface area contributed by atoms with Crippen molar-refractivity contribution in [3.63, 3.8) is 0 Å². The predicted octanol–water partition coefficient (Wildman–Crippen LogP) is 4.27. The van der Waals surface area contributed by atoms with Gasteiger partial charge in [-0.1, -0.05) is 23.7 Å². The fourth-order valence-corrected chi connectivity index (χ4v) is 4.20. The van der Waals surface area contributed by atoms with E-state index < -0.39 is 21.7 Å². The van der Waals surface area contributed by atoms with Crippen molar-refractivity contribution in [2.45, 2.75) is 11.4 Å². The first-order valence-electron chi connectivity index (χ1n) is 7.74. The van der Waals surface area contributed by atoms with Gasteiger partial charge < -0.3 is 5.32 Å². The van der Waals surface area contributed by atoms with Crippen LogP contribution in [0.3, 0.4) is 0 Å². The molecule has 0 aliphatic heterocycles. The summed E-state index contributed by atoms with van der Waals surface area (Å²) < 4.78 is 41.2. The molecule has 1 aromatic heterocycles. The van der Waals surface area contributed by atoms with Crippen molar-refractivity contribution < 1.29 is 17.6 Å². The maximum atomic E-state index is 13.8. The molecule has 2 N–H and O–H groups in total. The van der Waals surface area contributed by atoms with E-state index in [-0.39, 0.29) is 27.7 Å². The third-order valence-corrected chi connectivity index (χ3v) is 6.11. The minimum Gasteiger partial charge on any atom is -0.319 e. The summed E-state index contributed by atoms with van der Waals surface area (Å²) in [6, 6.07) is 13.0. The third kappa shape index (κ3) is 4.92. The zero-order valence-electron chi connectivity index (χ0n) is 13.8. The molecule has 0 bridgehead atoms. The van der Waals surface area contributed by atoms with E-state index in [1.165, 1.54) is 47.7 Å². The summed E-state index contributed by atoms with van der Waals surface area (Å²) in [5, 5.41) is 4.46. The average molecular weight is 425 g/mol. The second-order valence-electron chi connectivity index (χ2n) is 5.51. The Morgan fingerprint density at radius 1 is 1.11 bits per heavy atom. The number of benzene rings is 2. The molecule has 0 aliphatic carbocycles. The lowest BCUT2D eigenvalue weighted by molar-refractivity contribution is 0.102. The van der Waals surface area contributed by atoms with Gasteiger partial charge in [-0.15, -0.1) is 11.3 Å². The van der Waals surface area contributed by atoms with Crippen LogP contribution in [-0.4, -0.2) is 14.3 Å². The van der Waals surface area contributed by atoms with Gasteiger partial charge in [0.15, 0.2) is 0 Å². The van der Waals surface area contributed by atoms with Gasteiger partial charge in [-0.25, -0.2) is 17.5 Å². The number of anilines is 1. The van der Waals surface area contributed by atoms with Crippen LogP contribution in [0.4, 0.5) is 10.1 Å². The number of amides is 1. The van der Waals surface area contributed by atoms with Crippen LogP contribution in [0.5, 0.6) is 0 Å². The second kappa shape index (κ2) is 8.18. The van der Waals surface area contributed by atoms with Crippen LogP contribution in [0.15, 0.2) is 64.9 Å². The summed E-state index contributed by atoms with van der Waals surface area (Å²) in [5.41, 5.74) is 0.0387. The lowest BCUT2D eigenvalue weighted by Gasteiger charge is -2.09. The van der Waals surface area contributed by atoms with Crippen LogP contribution in [0.1, 0.15) is 15.2 Å². The summed E-state index contributed by atoms with van der Waals surface area (Å²) in [4.78, 5) is 13.2. The Labute approximate surface area is 164 Å². The van der Waals surface area contributed by atoms with Crippen molar-refractivity contribution in [2.75, 3.05) is 5.32 Å². The molecule has 3 rings (SSSR count). The van der Waals surface area contributed by atoms with Crippen LogP contribution >= 0.6 is 22.9 Å². The Bertz CT molecular complexity index is 1070. The van der Waals surface area contributed by atoms with Gasteiger partial charge in [-0.3, -0.25) is 4.79 Å². The summed E-state index contributed by atoms with van der Waals surface area (Å²) in [6.07, 6.45) is 0. The van der Waals surface area contributed by atoms with E-state index in [0.29, 0.717) is 0 Å². The van der Waals surface area contributed by atoms with E-state index >= 15 is 0 Å². The molecular weight excluding hydrogens is 411 g/mol. The molecule has 1 heterocycles. The standard InChI is InChI=1S/C18H14ClFN2O3S2/c19-13-6-7-17(16(20)10-13)22-18(23)12-3-1-5-15(9-12)27(24,25)21-11-14-4-2-8-26-14/h1-10,21H,11H2,(H,22,23). The molecular formula is C18H14ClFN2O3S2. The molecule has 2 aromatic carbocycles. The summed E-state index contributed by atoms with van der Waals surface area (Å²) in [7, 11) is -3.79. The van der Waals surface area contributed by atoms with Crippen molar-refractivity contribution >= 4 is 44.6 Å². The van der Waals surface area contributed by atoms with Crippen LogP contribution < -0.4 is 10.0 Å². The normalized spacial score (nSPS) is 11.3. The largest absolute Gasteiger partial charge is 0.319 e. The lowest BCUT2D eigenvalue weighted by Crippen LogP contribution is -2.23. The Balaban J connectivity index is 1.76. The average Bonchev–Trinajstić information content (AvgIpc) is 3.16. The van der Waals surface area contributed by atoms with Gasteiger partial charge in [-0.05, 0) is 47.8 Å². The lowest BCUT2D eigenvalue weighted by atomic mass is 10.2. The van der Waals surface area contributed by atoms with E-state index in [1.807, 2.05) is 17.5 Å². The molecule has 0 saturated carbocycles. The molecule has 0 saturated heterocycles. The molecule has 0 fully saturated rings. The molecule has 0 aliphatic rings. The summed E-state index contributed by atoms with van der Waals surface area (Å²) >= 11 is 7.12. The molecule has 3 aromatic rings. The van der Waals surface area contributed by atoms with Gasteiger partial charge >= 0.3 is 0 Å². The molecule has 27 heavy (non-hydrogen) atoms. The van der Waals surface area contributed by atoms with E-state index in [2.05, 4.69) is 10.0 Å². The second-order valence-corrected chi connectivity index (χ2v) is 8.75. The number of hydrogen-bond donors (Lipinski definition) is 2. The highest BCUT2D eigenvalue weighted by molar-refractivity contribution is 7.89. The van der Waals surface area contributed by atoms with Crippen molar-refractivity contribution in [3.05, 3.63) is 81.3 Å². The van der Waals surface area contributed by atoms with Gasteiger partial charge in [0.1, 0.15) is 5.82 Å². The molecule has 0 unspecified atom stereocenters. The highest BCUT2D eigenvalue weighted by atomic mass is 35.5. The summed E-state index contributed by atoms with van der Waals surface area (Å²) in [5.74, 6) is -1.32. The first-order chi connectivity index (χ1) is 12.8. The van der Waals surface area contributed by atoms with Gasteiger partial charge in [0.25, 0.3) is 5.91 Å². The Kier molecular flexibility index (Phi) is 5.91. The summed E-state index contributed by atoms with van der Waals surface area (Å²) in [6.45, 7) is 0.159. The number of sulfonamides is 1. The maximum Gasteiger partial charge on any atom is 0.255 e. The molecule has 1 amide bonds. The minimum atomic E-state index is -3.79. The first kappa shape index (κ1) is 19.5. The molecule has 9 heteroatoms. The highest BCUT2D eigenvalue weighted by Crippen LogP contribution is 2.20. The third-order valence-electron chi connectivity index (χ3n) is 3.60. The van der Waals surface area contributed by atoms with Gasteiger partial charge in [0, 0.05) is 22.0 Å². The number of thiophene rings is 1. The molecule has 0 radical (unpaired) electrons. The Morgan fingerprint density at radius 3 is 2.63 bits per heavy atom. The van der Waals surface area contributed by atoms with Crippen LogP contribution in [0.2, 0.25) is 5.02 Å².